The highest BCUT2D eigenvalue weighted by molar-refractivity contribution is 7.47. The van der Waals surface area contributed by atoms with Gasteiger partial charge in [0.15, 0.2) is 6.04 Å². The molecule has 0 aliphatic rings. The van der Waals surface area contributed by atoms with Gasteiger partial charge in [-0.15, -0.1) is 0 Å². The van der Waals surface area contributed by atoms with E-state index in [1.165, 1.54) is 0 Å². The van der Waals surface area contributed by atoms with E-state index in [9.17, 15) is 28.9 Å². The Labute approximate surface area is 170 Å². The van der Waals surface area contributed by atoms with Crippen molar-refractivity contribution in [2.45, 2.75) is 70.9 Å². The van der Waals surface area contributed by atoms with Crippen LogP contribution in [0.25, 0.3) is 0 Å². The highest BCUT2D eigenvalue weighted by Crippen LogP contribution is 2.43. The average molecular weight is 441 g/mol. The Kier molecular flexibility index (Phi) is 14.5. The smallest absolute Gasteiger partial charge is 0.472 e. The second-order valence-electron chi connectivity index (χ2n) is 6.37. The molecule has 11 nitrogen and oxygen atoms in total. The predicted octanol–water partition coefficient (Wildman–Crippen LogP) is 1.36. The number of hydrogen-bond donors (Lipinski definition) is 4. The molecule has 3 unspecified atom stereocenters. The molecule has 3 atom stereocenters. The van der Waals surface area contributed by atoms with Crippen molar-refractivity contribution in [1.82, 2.24) is 5.32 Å². The van der Waals surface area contributed by atoms with Gasteiger partial charge < -0.3 is 25.2 Å². The van der Waals surface area contributed by atoms with Crippen molar-refractivity contribution in [3.63, 3.8) is 0 Å². The van der Waals surface area contributed by atoms with E-state index in [2.05, 4.69) is 26.0 Å². The van der Waals surface area contributed by atoms with Crippen molar-refractivity contribution in [3.05, 3.63) is 0 Å². The van der Waals surface area contributed by atoms with Crippen LogP contribution < -0.4 is 5.32 Å². The van der Waals surface area contributed by atoms with Gasteiger partial charge in [-0.2, -0.15) is 0 Å². The summed E-state index contributed by atoms with van der Waals surface area (Å²) in [6, 6.07) is -1.53. The van der Waals surface area contributed by atoms with Crippen LogP contribution >= 0.6 is 7.82 Å². The zero-order valence-corrected chi connectivity index (χ0v) is 17.8. The molecule has 0 aromatic carbocycles. The van der Waals surface area contributed by atoms with E-state index in [1.807, 2.05) is 0 Å². The van der Waals surface area contributed by atoms with E-state index >= 15 is 0 Å². The average Bonchev–Trinajstić information content (AvgIpc) is 2.67. The lowest BCUT2D eigenvalue weighted by molar-refractivity contribution is -0.146. The number of esters is 1. The summed E-state index contributed by atoms with van der Waals surface area (Å²) in [5.41, 5.74) is 0. The van der Waals surface area contributed by atoms with Gasteiger partial charge in [-0.1, -0.05) is 39.5 Å². The first kappa shape index (κ1) is 27.5. The van der Waals surface area contributed by atoms with Crippen molar-refractivity contribution in [1.29, 1.82) is 0 Å². The molecule has 0 aromatic rings. The van der Waals surface area contributed by atoms with E-state index < -0.39 is 57.6 Å². The SMILES string of the molecule is CCCCCCCC(=O)NC(COP(=O)(O)OCC(O)COC(=O)CC)C(=O)O. The molecular formula is C17H32NO10P. The van der Waals surface area contributed by atoms with Gasteiger partial charge >= 0.3 is 19.8 Å². The van der Waals surface area contributed by atoms with Crippen LogP contribution in [0.4, 0.5) is 0 Å². The molecule has 0 aromatic heterocycles. The summed E-state index contributed by atoms with van der Waals surface area (Å²) >= 11 is 0. The fourth-order valence-corrected chi connectivity index (χ4v) is 2.83. The zero-order chi connectivity index (χ0) is 22.3. The van der Waals surface area contributed by atoms with Gasteiger partial charge in [0.05, 0.1) is 13.2 Å². The fraction of sp³-hybridized carbons (Fsp3) is 0.824. The number of amides is 1. The maximum Gasteiger partial charge on any atom is 0.472 e. The number of carbonyl (C=O) groups excluding carboxylic acids is 2. The van der Waals surface area contributed by atoms with Crippen LogP contribution in [0.3, 0.4) is 0 Å². The van der Waals surface area contributed by atoms with Crippen LogP contribution in [0, 0.1) is 0 Å². The lowest BCUT2D eigenvalue weighted by Gasteiger charge is -2.18. The van der Waals surface area contributed by atoms with Crippen LogP contribution in [-0.4, -0.2) is 64.9 Å². The first-order valence-electron chi connectivity index (χ1n) is 9.59. The Hall–Kier alpha value is -1.52. The lowest BCUT2D eigenvalue weighted by Crippen LogP contribution is -2.43. The van der Waals surface area contributed by atoms with Gasteiger partial charge in [0.25, 0.3) is 0 Å². The Bertz CT molecular complexity index is 556. The summed E-state index contributed by atoms with van der Waals surface area (Å²) < 4.78 is 25.5. The van der Waals surface area contributed by atoms with Crippen molar-refractivity contribution in [3.8, 4) is 0 Å². The van der Waals surface area contributed by atoms with Crippen LogP contribution in [0.15, 0.2) is 0 Å². The number of ether oxygens (including phenoxy) is 1. The molecule has 4 N–H and O–H groups in total. The Morgan fingerprint density at radius 3 is 2.21 bits per heavy atom. The molecule has 170 valence electrons. The molecule has 0 rings (SSSR count). The molecule has 0 fully saturated rings. The molecule has 29 heavy (non-hydrogen) atoms. The molecule has 0 spiro atoms. The van der Waals surface area contributed by atoms with Crippen molar-refractivity contribution in [2.75, 3.05) is 19.8 Å². The van der Waals surface area contributed by atoms with E-state index in [0.717, 1.165) is 25.7 Å². The van der Waals surface area contributed by atoms with E-state index in [0.29, 0.717) is 6.42 Å². The highest BCUT2D eigenvalue weighted by Gasteiger charge is 2.28. The van der Waals surface area contributed by atoms with Gasteiger partial charge in [-0.3, -0.25) is 18.6 Å². The summed E-state index contributed by atoms with van der Waals surface area (Å²) in [5, 5.41) is 20.9. The number of aliphatic carboxylic acids is 1. The monoisotopic (exact) mass is 441 g/mol. The molecule has 0 saturated carbocycles. The van der Waals surface area contributed by atoms with Gasteiger partial charge in [0, 0.05) is 12.8 Å². The molecule has 12 heteroatoms. The number of carboxylic acid groups (broad SMARTS) is 1. The lowest BCUT2D eigenvalue weighted by atomic mass is 10.1. The number of rotatable bonds is 17. The third kappa shape index (κ3) is 15.0. The minimum absolute atomic E-state index is 0.107. The van der Waals surface area contributed by atoms with Crippen molar-refractivity contribution < 1.29 is 47.8 Å². The quantitative estimate of drug-likeness (QED) is 0.147. The predicted molar refractivity (Wildman–Crippen MR) is 102 cm³/mol. The van der Waals surface area contributed by atoms with Gasteiger partial charge in [-0.25, -0.2) is 9.36 Å². The number of carbonyl (C=O) groups is 3. The number of phosphoric ester groups is 1. The normalized spacial score (nSPS) is 15.2. The first-order valence-corrected chi connectivity index (χ1v) is 11.1. The standard InChI is InChI=1S/C17H32NO10P/c1-3-5-6-7-8-9-15(20)18-14(17(22)23)12-28-29(24,25)27-11-13(19)10-26-16(21)4-2/h13-14,19H,3-12H2,1-2H3,(H,18,20)(H,22,23)(H,24,25). The Balaban J connectivity index is 4.30. The van der Waals surface area contributed by atoms with Crippen LogP contribution in [-0.2, 0) is 32.7 Å². The number of aliphatic hydroxyl groups excluding tert-OH is 1. The number of carboxylic acids is 1. The molecule has 0 aliphatic carbocycles. The third-order valence-corrected chi connectivity index (χ3v) is 4.65. The maximum atomic E-state index is 11.8. The summed E-state index contributed by atoms with van der Waals surface area (Å²) in [4.78, 5) is 43.6. The number of unbranched alkanes of at least 4 members (excludes halogenated alkanes) is 4. The second kappa shape index (κ2) is 15.3. The topological polar surface area (TPSA) is 169 Å². The highest BCUT2D eigenvalue weighted by atomic mass is 31.2. The summed E-state index contributed by atoms with van der Waals surface area (Å²) in [7, 11) is -4.69. The molecule has 0 saturated heterocycles. The van der Waals surface area contributed by atoms with Crippen LogP contribution in [0.2, 0.25) is 0 Å². The van der Waals surface area contributed by atoms with Crippen LogP contribution in [0.5, 0.6) is 0 Å². The Morgan fingerprint density at radius 2 is 1.62 bits per heavy atom. The maximum absolute atomic E-state index is 11.8. The summed E-state index contributed by atoms with van der Waals surface area (Å²) in [6.45, 7) is 1.72. The number of phosphoric acid groups is 1. The zero-order valence-electron chi connectivity index (χ0n) is 16.9. The van der Waals surface area contributed by atoms with E-state index in [4.69, 9.17) is 5.11 Å². The van der Waals surface area contributed by atoms with Gasteiger partial charge in [-0.05, 0) is 6.42 Å². The molecular weight excluding hydrogens is 409 g/mol. The minimum atomic E-state index is -4.69. The fourth-order valence-electron chi connectivity index (χ4n) is 2.06. The molecule has 1 amide bonds. The third-order valence-electron chi connectivity index (χ3n) is 3.70. The molecule has 0 radical (unpaired) electrons. The number of hydrogen-bond acceptors (Lipinski definition) is 8. The largest absolute Gasteiger partial charge is 0.480 e. The van der Waals surface area contributed by atoms with E-state index in [1.54, 1.807) is 6.92 Å². The second-order valence-corrected chi connectivity index (χ2v) is 7.83. The minimum Gasteiger partial charge on any atom is -0.480 e. The van der Waals surface area contributed by atoms with Crippen molar-refractivity contribution >= 4 is 25.7 Å². The van der Waals surface area contributed by atoms with Gasteiger partial charge in [0.1, 0.15) is 12.7 Å². The van der Waals surface area contributed by atoms with Gasteiger partial charge in [0.2, 0.25) is 5.91 Å². The summed E-state index contributed by atoms with van der Waals surface area (Å²) in [5.74, 6) is -2.49. The summed E-state index contributed by atoms with van der Waals surface area (Å²) in [6.07, 6.45) is 3.47. The Morgan fingerprint density at radius 1 is 1.00 bits per heavy atom. The first-order chi connectivity index (χ1) is 13.6. The number of aliphatic hydroxyl groups is 1. The van der Waals surface area contributed by atoms with Crippen molar-refractivity contribution in [2.24, 2.45) is 0 Å². The molecule has 0 aliphatic heterocycles. The van der Waals surface area contributed by atoms with E-state index in [-0.39, 0.29) is 12.8 Å². The van der Waals surface area contributed by atoms with Crippen LogP contribution in [0.1, 0.15) is 58.8 Å². The molecule has 0 bridgehead atoms. The number of nitrogens with one attached hydrogen (secondary N) is 1. The molecule has 0 heterocycles.